The Morgan fingerprint density at radius 2 is 1.76 bits per heavy atom. The Hall–Kier alpha value is -3.77. The van der Waals surface area contributed by atoms with Crippen molar-refractivity contribution in [1.82, 2.24) is 25.9 Å². The first-order valence-corrected chi connectivity index (χ1v) is 10.2. The van der Waals surface area contributed by atoms with Crippen molar-refractivity contribution in [2.75, 3.05) is 6.54 Å². The Balaban J connectivity index is 2.05. The summed E-state index contributed by atoms with van der Waals surface area (Å²) in [4.78, 5) is 55.4. The normalized spacial score (nSPS) is 14.4. The molecule has 0 aliphatic rings. The van der Waals surface area contributed by atoms with Crippen LogP contribution in [0.15, 0.2) is 42.9 Å². The molecule has 0 radical (unpaired) electrons. The standard InChI is InChI=1S/C21H28N6O6/c1-12(28)18(22)20(31)24-10-17(29)26-15(8-14-9-23-11-25-14)19(30)27-16(21(32)33)7-13-5-3-2-4-6-13/h2-6,9,11-12,15-16,18,28H,7-8,10,22H2,1H3,(H,23,25)(H,24,31)(H,26,29)(H,27,30)(H,32,33). The van der Waals surface area contributed by atoms with Gasteiger partial charge in [0.15, 0.2) is 0 Å². The van der Waals surface area contributed by atoms with Crippen LogP contribution in [-0.4, -0.2) is 74.6 Å². The fourth-order valence-electron chi connectivity index (χ4n) is 2.90. The summed E-state index contributed by atoms with van der Waals surface area (Å²) in [6.07, 6.45) is 1.83. The summed E-state index contributed by atoms with van der Waals surface area (Å²) in [6.45, 7) is 0.849. The zero-order chi connectivity index (χ0) is 24.4. The quantitative estimate of drug-likeness (QED) is 0.190. The number of nitrogens with two attached hydrogens (primary N) is 1. The van der Waals surface area contributed by atoms with Gasteiger partial charge in [-0.25, -0.2) is 9.78 Å². The van der Waals surface area contributed by atoms with E-state index < -0.39 is 54.5 Å². The van der Waals surface area contributed by atoms with Crippen LogP contribution in [0.25, 0.3) is 0 Å². The van der Waals surface area contributed by atoms with Crippen LogP contribution in [0.3, 0.4) is 0 Å². The summed E-state index contributed by atoms with van der Waals surface area (Å²) in [6, 6.07) is 5.23. The van der Waals surface area contributed by atoms with Gasteiger partial charge in [-0.05, 0) is 12.5 Å². The Kier molecular flexibility index (Phi) is 9.51. The molecule has 2 aromatic rings. The van der Waals surface area contributed by atoms with E-state index in [0.29, 0.717) is 5.69 Å². The lowest BCUT2D eigenvalue weighted by atomic mass is 10.0. The van der Waals surface area contributed by atoms with E-state index in [1.165, 1.54) is 19.4 Å². The molecule has 33 heavy (non-hydrogen) atoms. The van der Waals surface area contributed by atoms with Gasteiger partial charge in [-0.15, -0.1) is 0 Å². The van der Waals surface area contributed by atoms with Gasteiger partial charge >= 0.3 is 5.97 Å². The number of carboxylic acids is 1. The molecule has 1 aromatic heterocycles. The third-order valence-corrected chi connectivity index (χ3v) is 4.77. The molecule has 8 N–H and O–H groups in total. The van der Waals surface area contributed by atoms with Crippen LogP contribution >= 0.6 is 0 Å². The van der Waals surface area contributed by atoms with Crippen molar-refractivity contribution in [3.05, 3.63) is 54.1 Å². The minimum atomic E-state index is -1.22. The van der Waals surface area contributed by atoms with Gasteiger partial charge in [0.1, 0.15) is 18.1 Å². The average molecular weight is 460 g/mol. The second-order valence-corrected chi connectivity index (χ2v) is 7.47. The van der Waals surface area contributed by atoms with Crippen LogP contribution in [0.1, 0.15) is 18.2 Å². The Labute approximate surface area is 190 Å². The number of nitrogens with one attached hydrogen (secondary N) is 4. The van der Waals surface area contributed by atoms with E-state index in [4.69, 9.17) is 5.73 Å². The Morgan fingerprint density at radius 1 is 1.06 bits per heavy atom. The number of nitrogens with zero attached hydrogens (tertiary/aromatic N) is 1. The van der Waals surface area contributed by atoms with Crippen molar-refractivity contribution in [2.24, 2.45) is 5.73 Å². The van der Waals surface area contributed by atoms with Gasteiger partial charge in [0.05, 0.1) is 19.0 Å². The van der Waals surface area contributed by atoms with Crippen LogP contribution in [0.2, 0.25) is 0 Å². The highest BCUT2D eigenvalue weighted by Gasteiger charge is 2.28. The molecular weight excluding hydrogens is 432 g/mol. The fourth-order valence-corrected chi connectivity index (χ4v) is 2.90. The van der Waals surface area contributed by atoms with Crippen molar-refractivity contribution in [2.45, 2.75) is 44.0 Å². The third-order valence-electron chi connectivity index (χ3n) is 4.77. The lowest BCUT2D eigenvalue weighted by Gasteiger charge is -2.22. The highest BCUT2D eigenvalue weighted by molar-refractivity contribution is 5.92. The summed E-state index contributed by atoms with van der Waals surface area (Å²) in [5.41, 5.74) is 6.76. The van der Waals surface area contributed by atoms with Crippen LogP contribution in [0.4, 0.5) is 0 Å². The fraction of sp³-hybridized carbons (Fsp3) is 0.381. The molecule has 0 spiro atoms. The predicted molar refractivity (Wildman–Crippen MR) is 117 cm³/mol. The van der Waals surface area contributed by atoms with Gasteiger partial charge in [0.25, 0.3) is 0 Å². The van der Waals surface area contributed by atoms with Crippen molar-refractivity contribution in [3.63, 3.8) is 0 Å². The molecule has 0 aliphatic heterocycles. The number of H-pyrrole nitrogens is 1. The number of benzene rings is 1. The van der Waals surface area contributed by atoms with Crippen LogP contribution in [0, 0.1) is 0 Å². The van der Waals surface area contributed by atoms with E-state index >= 15 is 0 Å². The maximum absolute atomic E-state index is 12.9. The number of amides is 3. The van der Waals surface area contributed by atoms with E-state index in [1.54, 1.807) is 30.3 Å². The maximum Gasteiger partial charge on any atom is 0.326 e. The highest BCUT2D eigenvalue weighted by atomic mass is 16.4. The Morgan fingerprint density at radius 3 is 2.33 bits per heavy atom. The summed E-state index contributed by atoms with van der Waals surface area (Å²) in [5, 5.41) is 26.1. The molecule has 2 rings (SSSR count). The molecule has 1 aromatic carbocycles. The largest absolute Gasteiger partial charge is 0.480 e. The van der Waals surface area contributed by atoms with E-state index in [2.05, 4.69) is 25.9 Å². The van der Waals surface area contributed by atoms with Gasteiger partial charge in [-0.1, -0.05) is 30.3 Å². The maximum atomic E-state index is 12.9. The minimum Gasteiger partial charge on any atom is -0.480 e. The molecule has 1 heterocycles. The number of hydrogen-bond acceptors (Lipinski definition) is 7. The van der Waals surface area contributed by atoms with Gasteiger partial charge in [0, 0.05) is 24.7 Å². The summed E-state index contributed by atoms with van der Waals surface area (Å²) in [5.74, 6) is -3.37. The topological polar surface area (TPSA) is 200 Å². The van der Waals surface area contributed by atoms with Crippen molar-refractivity contribution in [3.8, 4) is 0 Å². The van der Waals surface area contributed by atoms with Crippen LogP contribution in [-0.2, 0) is 32.0 Å². The summed E-state index contributed by atoms with van der Waals surface area (Å²) < 4.78 is 0. The molecule has 0 fully saturated rings. The number of imidazole rings is 1. The molecule has 3 amide bonds. The lowest BCUT2D eigenvalue weighted by molar-refractivity contribution is -0.142. The number of carbonyl (C=O) groups excluding carboxylic acids is 3. The van der Waals surface area contributed by atoms with Crippen molar-refractivity contribution in [1.29, 1.82) is 0 Å². The minimum absolute atomic E-state index is 0.0103. The van der Waals surface area contributed by atoms with E-state index in [1.807, 2.05) is 0 Å². The molecule has 12 nitrogen and oxygen atoms in total. The molecule has 0 bridgehead atoms. The first-order valence-electron chi connectivity index (χ1n) is 10.2. The first kappa shape index (κ1) is 25.5. The molecule has 0 aliphatic carbocycles. The van der Waals surface area contributed by atoms with Crippen LogP contribution < -0.4 is 21.7 Å². The molecule has 0 saturated heterocycles. The van der Waals surface area contributed by atoms with Gasteiger partial charge in [0.2, 0.25) is 17.7 Å². The third kappa shape index (κ3) is 8.35. The smallest absolute Gasteiger partial charge is 0.326 e. The number of aliphatic carboxylic acids is 1. The average Bonchev–Trinajstić information content (AvgIpc) is 3.29. The number of aliphatic hydroxyl groups excluding tert-OH is 1. The SMILES string of the molecule is CC(O)C(N)C(=O)NCC(=O)NC(Cc1cnc[nH]1)C(=O)NC(Cc1ccccc1)C(=O)O. The molecule has 0 saturated carbocycles. The molecule has 178 valence electrons. The number of hydrogen-bond donors (Lipinski definition) is 7. The van der Waals surface area contributed by atoms with Crippen LogP contribution in [0.5, 0.6) is 0 Å². The van der Waals surface area contributed by atoms with E-state index in [-0.39, 0.29) is 12.8 Å². The monoisotopic (exact) mass is 460 g/mol. The van der Waals surface area contributed by atoms with E-state index in [0.717, 1.165) is 5.56 Å². The Bertz CT molecular complexity index is 934. The molecule has 4 unspecified atom stereocenters. The first-order chi connectivity index (χ1) is 15.7. The van der Waals surface area contributed by atoms with Crippen molar-refractivity contribution >= 4 is 23.7 Å². The van der Waals surface area contributed by atoms with E-state index in [9.17, 15) is 29.4 Å². The zero-order valence-corrected chi connectivity index (χ0v) is 18.0. The predicted octanol–water partition coefficient (Wildman–Crippen LogP) is -1.93. The lowest BCUT2D eigenvalue weighted by Crippen LogP contribution is -2.55. The number of aromatic amines is 1. The second-order valence-electron chi connectivity index (χ2n) is 7.47. The zero-order valence-electron chi connectivity index (χ0n) is 18.0. The number of rotatable bonds is 12. The molecule has 12 heteroatoms. The summed E-state index contributed by atoms with van der Waals surface area (Å²) >= 11 is 0. The highest BCUT2D eigenvalue weighted by Crippen LogP contribution is 2.05. The molecule has 4 atom stereocenters. The van der Waals surface area contributed by atoms with Crippen molar-refractivity contribution < 1.29 is 29.4 Å². The number of aromatic nitrogens is 2. The summed E-state index contributed by atoms with van der Waals surface area (Å²) in [7, 11) is 0. The number of aliphatic hydroxyl groups is 1. The van der Waals surface area contributed by atoms with Gasteiger partial charge in [-0.2, -0.15) is 0 Å². The second kappa shape index (κ2) is 12.3. The van der Waals surface area contributed by atoms with Gasteiger partial charge in [-0.3, -0.25) is 14.4 Å². The molecular formula is C21H28N6O6. The van der Waals surface area contributed by atoms with Gasteiger partial charge < -0.3 is 36.9 Å². The number of carbonyl (C=O) groups is 4. The number of carboxylic acid groups (broad SMARTS) is 1.